The molecule has 1 rings (SSSR count). The number of aldehydes is 1. The lowest BCUT2D eigenvalue weighted by Gasteiger charge is -2.05. The predicted molar refractivity (Wildman–Crippen MR) is 42.2 cm³/mol. The zero-order chi connectivity index (χ0) is 10.6. The molecule has 2 atom stereocenters. The van der Waals surface area contributed by atoms with Crippen molar-refractivity contribution in [3.63, 3.8) is 0 Å². The Hall–Kier alpha value is -1.72. The van der Waals surface area contributed by atoms with Crippen molar-refractivity contribution in [3.05, 3.63) is 24.3 Å². The van der Waals surface area contributed by atoms with Gasteiger partial charge in [0.1, 0.15) is 5.69 Å². The normalized spacial score (nSPS) is 14.4. The molecule has 1 heterocycles. The summed E-state index contributed by atoms with van der Waals surface area (Å²) in [7, 11) is 0. The summed E-state index contributed by atoms with van der Waals surface area (Å²) in [5.41, 5.74) is -0.301. The lowest BCUT2D eigenvalue weighted by Crippen LogP contribution is -2.28. The van der Waals surface area contributed by atoms with Gasteiger partial charge in [-0.3, -0.25) is 14.6 Å². The quantitative estimate of drug-likeness (QED) is 0.525. The van der Waals surface area contributed by atoms with Gasteiger partial charge in [-0.1, -0.05) is 0 Å². The van der Waals surface area contributed by atoms with Gasteiger partial charge in [-0.2, -0.15) is 0 Å². The number of halogens is 2. The minimum atomic E-state index is -2.51. The molecular weight excluding hydrogens is 194 g/mol. The molecular formula is C8H6F2N2O2. The lowest BCUT2D eigenvalue weighted by molar-refractivity contribution is -0.113. The minimum absolute atomic E-state index is 0.265. The zero-order valence-electron chi connectivity index (χ0n) is 6.93. The highest BCUT2D eigenvalue weighted by Crippen LogP contribution is 2.08. The number of ketones is 1. The molecule has 0 amide bonds. The highest BCUT2D eigenvalue weighted by atomic mass is 19.2. The predicted octanol–water partition coefficient (Wildman–Crippen LogP) is 0.534. The molecule has 0 aromatic carbocycles. The number of nitrogens with zero attached hydrogens (tertiary/aromatic N) is 2. The van der Waals surface area contributed by atoms with Gasteiger partial charge < -0.3 is 0 Å². The minimum Gasteiger partial charge on any atom is -0.300 e. The monoisotopic (exact) mass is 200 g/mol. The first-order chi connectivity index (χ1) is 6.66. The number of alkyl halides is 2. The van der Waals surface area contributed by atoms with Gasteiger partial charge in [-0.15, -0.1) is 0 Å². The molecule has 0 aliphatic heterocycles. The summed E-state index contributed by atoms with van der Waals surface area (Å²) in [6.45, 7) is 0. The molecule has 0 radical (unpaired) electrons. The van der Waals surface area contributed by atoms with Crippen molar-refractivity contribution in [2.75, 3.05) is 0 Å². The number of carbonyl (C=O) groups excluding carboxylic acids is 2. The van der Waals surface area contributed by atoms with Crippen LogP contribution in [0, 0.1) is 0 Å². The van der Waals surface area contributed by atoms with Crippen LogP contribution in [0.5, 0.6) is 0 Å². The third kappa shape index (κ3) is 2.15. The smallest absolute Gasteiger partial charge is 0.220 e. The fourth-order valence-corrected chi connectivity index (χ4v) is 0.781. The Morgan fingerprint density at radius 2 is 2.14 bits per heavy atom. The van der Waals surface area contributed by atoms with Crippen LogP contribution in [0.4, 0.5) is 8.78 Å². The first kappa shape index (κ1) is 10.4. The Labute approximate surface area is 78.0 Å². The number of hydrogen-bond acceptors (Lipinski definition) is 4. The standard InChI is InChI=1S/C8H6F2N2O2/c9-5(4-13)7(10)8(14)6-3-11-1-2-12-6/h1-5,7H. The van der Waals surface area contributed by atoms with E-state index < -0.39 is 18.1 Å². The van der Waals surface area contributed by atoms with Crippen molar-refractivity contribution in [1.82, 2.24) is 9.97 Å². The van der Waals surface area contributed by atoms with Crippen LogP contribution in [-0.4, -0.2) is 34.4 Å². The topological polar surface area (TPSA) is 59.9 Å². The Kier molecular flexibility index (Phi) is 3.33. The van der Waals surface area contributed by atoms with Crippen molar-refractivity contribution in [3.8, 4) is 0 Å². The number of Topliss-reactive ketones (excluding diaryl/α,β-unsaturated/α-hetero) is 1. The first-order valence-corrected chi connectivity index (χ1v) is 3.70. The first-order valence-electron chi connectivity index (χ1n) is 3.70. The second-order valence-electron chi connectivity index (χ2n) is 2.44. The number of carbonyl (C=O) groups is 2. The van der Waals surface area contributed by atoms with E-state index in [1.165, 1.54) is 12.4 Å². The van der Waals surface area contributed by atoms with Crippen LogP contribution in [0.15, 0.2) is 18.6 Å². The van der Waals surface area contributed by atoms with E-state index in [-0.39, 0.29) is 12.0 Å². The molecule has 0 aliphatic rings. The van der Waals surface area contributed by atoms with E-state index in [0.29, 0.717) is 0 Å². The van der Waals surface area contributed by atoms with Crippen LogP contribution >= 0.6 is 0 Å². The van der Waals surface area contributed by atoms with Crippen LogP contribution in [0.25, 0.3) is 0 Å². The molecule has 0 spiro atoms. The van der Waals surface area contributed by atoms with Crippen molar-refractivity contribution in [2.24, 2.45) is 0 Å². The van der Waals surface area contributed by atoms with Crippen molar-refractivity contribution in [2.45, 2.75) is 12.3 Å². The summed E-state index contributed by atoms with van der Waals surface area (Å²) < 4.78 is 25.3. The van der Waals surface area contributed by atoms with E-state index in [2.05, 4.69) is 9.97 Å². The summed E-state index contributed by atoms with van der Waals surface area (Å²) in [6.07, 6.45) is -1.76. The van der Waals surface area contributed by atoms with Crippen molar-refractivity contribution < 1.29 is 18.4 Å². The van der Waals surface area contributed by atoms with Crippen LogP contribution in [0.3, 0.4) is 0 Å². The number of rotatable bonds is 4. The maximum absolute atomic E-state index is 12.9. The Bertz CT molecular complexity index is 331. The summed E-state index contributed by atoms with van der Waals surface area (Å²) in [5.74, 6) is -1.18. The summed E-state index contributed by atoms with van der Waals surface area (Å²) in [4.78, 5) is 27.9. The summed E-state index contributed by atoms with van der Waals surface area (Å²) in [5, 5.41) is 0. The molecule has 0 bridgehead atoms. The molecule has 14 heavy (non-hydrogen) atoms. The van der Waals surface area contributed by atoms with Crippen LogP contribution in [0.2, 0.25) is 0 Å². The SMILES string of the molecule is O=CC(F)C(F)C(=O)c1cnccn1. The number of aromatic nitrogens is 2. The van der Waals surface area contributed by atoms with E-state index in [0.717, 1.165) is 6.20 Å². The fraction of sp³-hybridized carbons (Fsp3) is 0.250. The molecule has 0 N–H and O–H groups in total. The van der Waals surface area contributed by atoms with Gasteiger partial charge in [0.25, 0.3) is 0 Å². The molecule has 0 saturated heterocycles. The highest BCUT2D eigenvalue weighted by Gasteiger charge is 2.29. The van der Waals surface area contributed by atoms with E-state index in [4.69, 9.17) is 0 Å². The largest absolute Gasteiger partial charge is 0.300 e. The third-order valence-electron chi connectivity index (χ3n) is 1.48. The molecule has 0 aliphatic carbocycles. The molecule has 1 aromatic rings. The van der Waals surface area contributed by atoms with Crippen LogP contribution in [-0.2, 0) is 4.79 Å². The third-order valence-corrected chi connectivity index (χ3v) is 1.48. The Balaban J connectivity index is 2.81. The molecule has 0 fully saturated rings. The van der Waals surface area contributed by atoms with Gasteiger partial charge >= 0.3 is 0 Å². The molecule has 1 aromatic heterocycles. The second kappa shape index (κ2) is 4.50. The molecule has 74 valence electrons. The zero-order valence-corrected chi connectivity index (χ0v) is 6.93. The molecule has 0 saturated carbocycles. The average molecular weight is 200 g/mol. The van der Waals surface area contributed by atoms with Crippen molar-refractivity contribution >= 4 is 12.1 Å². The summed E-state index contributed by atoms with van der Waals surface area (Å²) in [6, 6.07) is 0. The molecule has 2 unspecified atom stereocenters. The van der Waals surface area contributed by atoms with Crippen molar-refractivity contribution in [1.29, 1.82) is 0 Å². The Morgan fingerprint density at radius 1 is 1.43 bits per heavy atom. The molecule has 4 nitrogen and oxygen atoms in total. The average Bonchev–Trinajstić information content (AvgIpc) is 2.27. The maximum Gasteiger partial charge on any atom is 0.220 e. The van der Waals surface area contributed by atoms with E-state index in [1.54, 1.807) is 0 Å². The fourth-order valence-electron chi connectivity index (χ4n) is 0.781. The van der Waals surface area contributed by atoms with Crippen LogP contribution < -0.4 is 0 Å². The molecule has 6 heteroatoms. The highest BCUT2D eigenvalue weighted by molar-refractivity contribution is 5.99. The summed E-state index contributed by atoms with van der Waals surface area (Å²) >= 11 is 0. The maximum atomic E-state index is 12.9. The van der Waals surface area contributed by atoms with Gasteiger partial charge in [-0.05, 0) is 0 Å². The van der Waals surface area contributed by atoms with Gasteiger partial charge in [0.05, 0.1) is 6.20 Å². The van der Waals surface area contributed by atoms with Gasteiger partial charge in [0, 0.05) is 12.4 Å². The van der Waals surface area contributed by atoms with Crippen LogP contribution in [0.1, 0.15) is 10.5 Å². The number of hydrogen-bond donors (Lipinski definition) is 0. The van der Waals surface area contributed by atoms with Gasteiger partial charge in [0.2, 0.25) is 12.0 Å². The van der Waals surface area contributed by atoms with E-state index in [1.807, 2.05) is 0 Å². The lowest BCUT2D eigenvalue weighted by atomic mass is 10.1. The second-order valence-corrected chi connectivity index (χ2v) is 2.44. The van der Waals surface area contributed by atoms with Gasteiger partial charge in [0.15, 0.2) is 12.5 Å². The van der Waals surface area contributed by atoms with E-state index in [9.17, 15) is 18.4 Å². The Morgan fingerprint density at radius 3 is 2.64 bits per heavy atom. The van der Waals surface area contributed by atoms with E-state index >= 15 is 0 Å². The van der Waals surface area contributed by atoms with Gasteiger partial charge in [-0.25, -0.2) is 13.8 Å².